The fourth-order valence-corrected chi connectivity index (χ4v) is 2.83. The summed E-state index contributed by atoms with van der Waals surface area (Å²) in [5.41, 5.74) is 4.50. The monoisotopic (exact) mass is 428 g/mol. The molecule has 0 saturated heterocycles. The number of amides is 4. The summed E-state index contributed by atoms with van der Waals surface area (Å²) in [6, 6.07) is 8.94. The van der Waals surface area contributed by atoms with E-state index in [1.807, 2.05) is 13.8 Å². The maximum Gasteiger partial charge on any atom is 0.337 e. The number of carbonyl (C=O) groups is 3. The lowest BCUT2D eigenvalue weighted by Gasteiger charge is -2.21. The molecule has 0 spiro atoms. The van der Waals surface area contributed by atoms with Gasteiger partial charge in [-0.25, -0.2) is 15.2 Å². The average molecular weight is 429 g/mol. The fourth-order valence-electron chi connectivity index (χ4n) is 2.70. The van der Waals surface area contributed by atoms with Crippen LogP contribution in [-0.4, -0.2) is 34.2 Å². The van der Waals surface area contributed by atoms with Gasteiger partial charge in [0.25, 0.3) is 11.8 Å². The number of halogens is 1. The molecule has 1 aliphatic rings. The largest absolute Gasteiger partial charge is 0.337 e. The highest BCUT2D eigenvalue weighted by Gasteiger charge is 2.42. The number of benzene rings is 1. The summed E-state index contributed by atoms with van der Waals surface area (Å²) in [7, 11) is 0. The Balaban J connectivity index is 1.71. The van der Waals surface area contributed by atoms with Gasteiger partial charge in [-0.3, -0.25) is 20.0 Å². The molecule has 2 aromatic rings. The van der Waals surface area contributed by atoms with E-state index in [0.717, 1.165) is 0 Å². The SMILES string of the molecule is CC(C)[C@@]1(C)N=C(c2ncccc2C(=O)NNC(=O)Nc2ccc(Cl)cc2)NC1=O. The molecule has 10 heteroatoms. The number of pyridine rings is 1. The highest BCUT2D eigenvalue weighted by Crippen LogP contribution is 2.27. The third-order valence-corrected chi connectivity index (χ3v) is 5.08. The zero-order chi connectivity index (χ0) is 21.9. The number of carbonyl (C=O) groups excluding carboxylic acids is 3. The van der Waals surface area contributed by atoms with Crippen molar-refractivity contribution in [1.82, 2.24) is 21.2 Å². The molecule has 0 aliphatic carbocycles. The molecule has 156 valence electrons. The van der Waals surface area contributed by atoms with Crippen LogP contribution in [0.25, 0.3) is 0 Å². The first-order valence-corrected chi connectivity index (χ1v) is 9.58. The molecule has 30 heavy (non-hydrogen) atoms. The van der Waals surface area contributed by atoms with Crippen molar-refractivity contribution in [2.24, 2.45) is 10.9 Å². The normalized spacial score (nSPS) is 17.9. The maximum atomic E-state index is 12.6. The lowest BCUT2D eigenvalue weighted by molar-refractivity contribution is -0.124. The molecule has 3 rings (SSSR count). The second-order valence-corrected chi connectivity index (χ2v) is 7.59. The molecule has 4 amide bonds. The van der Waals surface area contributed by atoms with Gasteiger partial charge in [0.15, 0.2) is 5.84 Å². The van der Waals surface area contributed by atoms with Crippen molar-refractivity contribution < 1.29 is 14.4 Å². The molecule has 0 fully saturated rings. The lowest BCUT2D eigenvalue weighted by Crippen LogP contribution is -2.44. The molecule has 0 radical (unpaired) electrons. The van der Waals surface area contributed by atoms with Crippen molar-refractivity contribution in [3.63, 3.8) is 0 Å². The number of urea groups is 1. The van der Waals surface area contributed by atoms with E-state index < -0.39 is 17.5 Å². The van der Waals surface area contributed by atoms with Gasteiger partial charge in [0.05, 0.1) is 5.56 Å². The van der Waals surface area contributed by atoms with E-state index in [9.17, 15) is 14.4 Å². The number of nitrogens with zero attached hydrogens (tertiary/aromatic N) is 2. The van der Waals surface area contributed by atoms with Crippen LogP contribution in [0.2, 0.25) is 5.02 Å². The summed E-state index contributed by atoms with van der Waals surface area (Å²) in [4.78, 5) is 45.7. The number of hydrazine groups is 1. The lowest BCUT2D eigenvalue weighted by atomic mass is 9.89. The van der Waals surface area contributed by atoms with Gasteiger partial charge in [0, 0.05) is 16.9 Å². The Labute approximate surface area is 178 Å². The van der Waals surface area contributed by atoms with Gasteiger partial charge in [-0.15, -0.1) is 0 Å². The molecule has 1 aromatic carbocycles. The van der Waals surface area contributed by atoms with E-state index in [1.165, 1.54) is 12.3 Å². The molecule has 1 aromatic heterocycles. The van der Waals surface area contributed by atoms with Crippen molar-refractivity contribution in [1.29, 1.82) is 0 Å². The van der Waals surface area contributed by atoms with Crippen molar-refractivity contribution in [3.8, 4) is 0 Å². The van der Waals surface area contributed by atoms with Crippen molar-refractivity contribution in [2.75, 3.05) is 5.32 Å². The zero-order valence-corrected chi connectivity index (χ0v) is 17.4. The number of nitrogens with one attached hydrogen (secondary N) is 4. The van der Waals surface area contributed by atoms with Crippen LogP contribution in [-0.2, 0) is 4.79 Å². The minimum Gasteiger partial charge on any atom is -0.307 e. The highest BCUT2D eigenvalue weighted by atomic mass is 35.5. The number of amidine groups is 1. The first kappa shape index (κ1) is 21.3. The predicted octanol–water partition coefficient (Wildman–Crippen LogP) is 2.49. The van der Waals surface area contributed by atoms with Crippen LogP contribution < -0.4 is 21.5 Å². The van der Waals surface area contributed by atoms with Crippen LogP contribution in [0.1, 0.15) is 36.8 Å². The summed E-state index contributed by atoms with van der Waals surface area (Å²) in [6.07, 6.45) is 1.49. The van der Waals surface area contributed by atoms with E-state index in [0.29, 0.717) is 10.7 Å². The maximum absolute atomic E-state index is 12.6. The Hall–Kier alpha value is -3.46. The van der Waals surface area contributed by atoms with E-state index in [4.69, 9.17) is 11.6 Å². The number of hydrogen-bond donors (Lipinski definition) is 4. The summed E-state index contributed by atoms with van der Waals surface area (Å²) >= 11 is 5.80. The zero-order valence-electron chi connectivity index (χ0n) is 16.6. The van der Waals surface area contributed by atoms with Crippen molar-refractivity contribution in [3.05, 3.63) is 58.9 Å². The summed E-state index contributed by atoms with van der Waals surface area (Å²) in [5, 5.41) is 5.79. The van der Waals surface area contributed by atoms with Crippen molar-refractivity contribution in [2.45, 2.75) is 26.3 Å². The molecule has 2 heterocycles. The quantitative estimate of drug-likeness (QED) is 0.558. The van der Waals surface area contributed by atoms with Gasteiger partial charge in [-0.05, 0) is 49.2 Å². The van der Waals surface area contributed by atoms with Gasteiger partial charge >= 0.3 is 6.03 Å². The minimum absolute atomic E-state index is 0.0470. The molecule has 1 atom stereocenters. The molecule has 1 aliphatic heterocycles. The molecule has 0 bridgehead atoms. The standard InChI is InChI=1S/C20H21ClN6O3/c1-11(2)20(3)18(29)24-16(25-20)15-14(5-4-10-22-15)17(28)26-27-19(30)23-13-8-6-12(21)7-9-13/h4-11H,1-3H3,(H,26,28)(H2,23,27,30)(H,24,25,29)/t20-/m1/s1. The van der Waals surface area contributed by atoms with Crippen LogP contribution >= 0.6 is 11.6 Å². The van der Waals surface area contributed by atoms with Gasteiger partial charge in [-0.1, -0.05) is 25.4 Å². The number of rotatable bonds is 4. The van der Waals surface area contributed by atoms with Crippen LogP contribution in [0.3, 0.4) is 0 Å². The topological polar surface area (TPSA) is 125 Å². The first-order chi connectivity index (χ1) is 14.2. The Morgan fingerprint density at radius 2 is 1.83 bits per heavy atom. The number of aliphatic imine (C=N–C) groups is 1. The molecule has 9 nitrogen and oxygen atoms in total. The number of hydrogen-bond acceptors (Lipinski definition) is 5. The van der Waals surface area contributed by atoms with Crippen molar-refractivity contribution >= 4 is 41.0 Å². The van der Waals surface area contributed by atoms with Gasteiger partial charge in [-0.2, -0.15) is 0 Å². The van der Waals surface area contributed by atoms with Crippen LogP contribution in [0.5, 0.6) is 0 Å². The minimum atomic E-state index is -0.947. The van der Waals surface area contributed by atoms with Gasteiger partial charge < -0.3 is 10.6 Å². The molecular weight excluding hydrogens is 408 g/mol. The number of anilines is 1. The van der Waals surface area contributed by atoms with E-state index in [-0.39, 0.29) is 28.9 Å². The second-order valence-electron chi connectivity index (χ2n) is 7.16. The Bertz CT molecular complexity index is 1020. The molecule has 0 saturated carbocycles. The molecule has 4 N–H and O–H groups in total. The van der Waals surface area contributed by atoms with Crippen LogP contribution in [0, 0.1) is 5.92 Å². The second kappa shape index (κ2) is 8.50. The third-order valence-electron chi connectivity index (χ3n) is 4.83. The Morgan fingerprint density at radius 1 is 1.13 bits per heavy atom. The van der Waals surface area contributed by atoms with Gasteiger partial charge in [0.1, 0.15) is 11.2 Å². The first-order valence-electron chi connectivity index (χ1n) is 9.20. The van der Waals surface area contributed by atoms with E-state index in [2.05, 4.69) is 31.5 Å². The Morgan fingerprint density at radius 3 is 2.47 bits per heavy atom. The average Bonchev–Trinajstić information content (AvgIpc) is 3.04. The fraction of sp³-hybridized carbons (Fsp3) is 0.250. The van der Waals surface area contributed by atoms with E-state index in [1.54, 1.807) is 37.3 Å². The van der Waals surface area contributed by atoms with E-state index >= 15 is 0 Å². The third kappa shape index (κ3) is 4.41. The highest BCUT2D eigenvalue weighted by molar-refractivity contribution is 6.30. The number of aromatic nitrogens is 1. The summed E-state index contributed by atoms with van der Waals surface area (Å²) < 4.78 is 0. The summed E-state index contributed by atoms with van der Waals surface area (Å²) in [6.45, 7) is 5.51. The van der Waals surface area contributed by atoms with Crippen LogP contribution in [0.4, 0.5) is 10.5 Å². The summed E-state index contributed by atoms with van der Waals surface area (Å²) in [5.74, 6) is -0.703. The van der Waals surface area contributed by atoms with Crippen LogP contribution in [0.15, 0.2) is 47.6 Å². The molecule has 0 unspecified atom stereocenters. The van der Waals surface area contributed by atoms with Gasteiger partial charge in [0.2, 0.25) is 0 Å². The predicted molar refractivity (Wildman–Crippen MR) is 113 cm³/mol. The smallest absolute Gasteiger partial charge is 0.307 e. The Kier molecular flexibility index (Phi) is 6.02. The molecular formula is C20H21ClN6O3.